The molecule has 0 spiro atoms. The number of ether oxygens (including phenoxy) is 1. The van der Waals surface area contributed by atoms with Crippen LogP contribution >= 0.6 is 0 Å². The van der Waals surface area contributed by atoms with Crippen LogP contribution in [0.4, 0.5) is 0 Å². The zero-order chi connectivity index (χ0) is 14.9. The maximum absolute atomic E-state index is 11.1. The summed E-state index contributed by atoms with van der Waals surface area (Å²) >= 11 is 0. The van der Waals surface area contributed by atoms with Crippen molar-refractivity contribution in [1.82, 2.24) is 5.16 Å². The molecule has 1 heterocycles. The fourth-order valence-electron chi connectivity index (χ4n) is 1.61. The topological polar surface area (TPSA) is 130 Å². The minimum absolute atomic E-state index is 0.00296. The molecule has 0 amide bonds. The summed E-state index contributed by atoms with van der Waals surface area (Å²) in [4.78, 5) is 21.8. The van der Waals surface area contributed by atoms with Gasteiger partial charge in [-0.2, -0.15) is 0 Å². The highest BCUT2D eigenvalue weighted by Crippen LogP contribution is 2.35. The van der Waals surface area contributed by atoms with E-state index in [2.05, 4.69) is 5.16 Å². The molecular weight excluding hydrogens is 270 g/mol. The van der Waals surface area contributed by atoms with E-state index in [4.69, 9.17) is 19.5 Å². The zero-order valence-corrected chi connectivity index (χ0v) is 10.2. The Labute approximate surface area is 111 Å². The van der Waals surface area contributed by atoms with Crippen molar-refractivity contribution in [2.75, 3.05) is 7.11 Å². The van der Waals surface area contributed by atoms with E-state index in [9.17, 15) is 14.7 Å². The van der Waals surface area contributed by atoms with Crippen molar-refractivity contribution in [3.63, 3.8) is 0 Å². The molecule has 8 heteroatoms. The third kappa shape index (κ3) is 2.26. The van der Waals surface area contributed by atoms with Crippen LogP contribution in [0.2, 0.25) is 0 Å². The van der Waals surface area contributed by atoms with Crippen LogP contribution in [0.3, 0.4) is 0 Å². The molecule has 0 saturated carbocycles. The van der Waals surface area contributed by atoms with Crippen molar-refractivity contribution in [3.05, 3.63) is 29.5 Å². The number of benzene rings is 1. The lowest BCUT2D eigenvalue weighted by atomic mass is 10.1. The summed E-state index contributed by atoms with van der Waals surface area (Å²) in [5.41, 5.74) is -0.552. The number of nitrogens with zero attached hydrogens (tertiary/aromatic N) is 1. The summed E-state index contributed by atoms with van der Waals surface area (Å²) in [7, 11) is 1.26. The molecule has 8 nitrogen and oxygen atoms in total. The Morgan fingerprint density at radius 2 is 1.90 bits per heavy atom. The van der Waals surface area contributed by atoms with Gasteiger partial charge in [-0.15, -0.1) is 0 Å². The number of carboxylic acids is 2. The molecule has 1 aromatic heterocycles. The Bertz CT molecular complexity index is 689. The zero-order valence-electron chi connectivity index (χ0n) is 10.2. The highest BCUT2D eigenvalue weighted by atomic mass is 16.5. The number of aromatic nitrogens is 1. The Balaban J connectivity index is 2.58. The van der Waals surface area contributed by atoms with Crippen molar-refractivity contribution in [3.8, 4) is 22.8 Å². The largest absolute Gasteiger partial charge is 0.507 e. The van der Waals surface area contributed by atoms with Crippen molar-refractivity contribution in [2.45, 2.75) is 0 Å². The molecule has 20 heavy (non-hydrogen) atoms. The van der Waals surface area contributed by atoms with Crippen molar-refractivity contribution in [2.24, 2.45) is 0 Å². The molecule has 2 rings (SSSR count). The Morgan fingerprint density at radius 3 is 2.40 bits per heavy atom. The average Bonchev–Trinajstić information content (AvgIpc) is 2.87. The lowest BCUT2D eigenvalue weighted by Crippen LogP contribution is -2.01. The Morgan fingerprint density at radius 1 is 1.20 bits per heavy atom. The quantitative estimate of drug-likeness (QED) is 0.766. The monoisotopic (exact) mass is 279 g/mol. The number of carboxylic acid groups (broad SMARTS) is 2. The number of rotatable bonds is 4. The van der Waals surface area contributed by atoms with Gasteiger partial charge in [0.1, 0.15) is 17.1 Å². The first kappa shape index (κ1) is 13.4. The van der Waals surface area contributed by atoms with E-state index in [1.807, 2.05) is 0 Å². The first-order valence-corrected chi connectivity index (χ1v) is 5.28. The molecule has 0 aliphatic rings. The summed E-state index contributed by atoms with van der Waals surface area (Å²) in [6.45, 7) is 0. The molecule has 1 aromatic carbocycles. The number of phenols is 1. The SMILES string of the molecule is COc1cc(O)c(-c2cc(C(=O)O)no2)cc1C(=O)O. The van der Waals surface area contributed by atoms with Gasteiger partial charge >= 0.3 is 11.9 Å². The highest BCUT2D eigenvalue weighted by Gasteiger charge is 2.20. The van der Waals surface area contributed by atoms with Crippen molar-refractivity contribution >= 4 is 11.9 Å². The second-order valence-electron chi connectivity index (χ2n) is 3.76. The lowest BCUT2D eigenvalue weighted by Gasteiger charge is -2.08. The van der Waals surface area contributed by atoms with E-state index in [-0.39, 0.29) is 34.1 Å². The van der Waals surface area contributed by atoms with Crippen molar-refractivity contribution < 1.29 is 34.2 Å². The Kier molecular flexibility index (Phi) is 3.30. The van der Waals surface area contributed by atoms with Gasteiger partial charge in [0.2, 0.25) is 0 Å². The van der Waals surface area contributed by atoms with E-state index >= 15 is 0 Å². The number of phenolic OH excluding ortho intramolecular Hbond substituents is 1. The van der Waals surface area contributed by atoms with Crippen LogP contribution in [0.15, 0.2) is 22.7 Å². The molecule has 0 atom stereocenters. The van der Waals surface area contributed by atoms with Crippen LogP contribution in [0, 0.1) is 0 Å². The molecule has 104 valence electrons. The van der Waals surface area contributed by atoms with E-state index in [1.165, 1.54) is 7.11 Å². The second-order valence-corrected chi connectivity index (χ2v) is 3.76. The lowest BCUT2D eigenvalue weighted by molar-refractivity contribution is 0.0678. The molecule has 0 fully saturated rings. The normalized spacial score (nSPS) is 10.2. The van der Waals surface area contributed by atoms with Gasteiger partial charge in [-0.3, -0.25) is 0 Å². The summed E-state index contributed by atoms with van der Waals surface area (Å²) in [5.74, 6) is -2.98. The molecule has 0 saturated heterocycles. The van der Waals surface area contributed by atoms with Crippen molar-refractivity contribution in [1.29, 1.82) is 0 Å². The van der Waals surface area contributed by atoms with Gasteiger partial charge in [-0.05, 0) is 6.07 Å². The first-order valence-electron chi connectivity index (χ1n) is 5.28. The maximum atomic E-state index is 11.1. The van der Waals surface area contributed by atoms with Gasteiger partial charge in [0.15, 0.2) is 11.5 Å². The number of hydrogen-bond donors (Lipinski definition) is 3. The second kappa shape index (κ2) is 4.92. The van der Waals surface area contributed by atoms with Gasteiger partial charge in [0, 0.05) is 12.1 Å². The summed E-state index contributed by atoms with van der Waals surface area (Å²) in [6.07, 6.45) is 0. The highest BCUT2D eigenvalue weighted by molar-refractivity contribution is 5.94. The van der Waals surface area contributed by atoms with E-state index < -0.39 is 11.9 Å². The van der Waals surface area contributed by atoms with Crippen LogP contribution in [0.1, 0.15) is 20.8 Å². The smallest absolute Gasteiger partial charge is 0.358 e. The molecule has 0 aliphatic heterocycles. The fourth-order valence-corrected chi connectivity index (χ4v) is 1.61. The molecule has 0 radical (unpaired) electrons. The minimum atomic E-state index is -1.30. The van der Waals surface area contributed by atoms with Crippen LogP contribution in [0.25, 0.3) is 11.3 Å². The van der Waals surface area contributed by atoms with Crippen LogP contribution < -0.4 is 4.74 Å². The number of aromatic hydroxyl groups is 1. The summed E-state index contributed by atoms with van der Waals surface area (Å²) in [5, 5.41) is 30.9. The van der Waals surface area contributed by atoms with Crippen LogP contribution in [0.5, 0.6) is 11.5 Å². The predicted octanol–water partition coefficient (Wildman–Crippen LogP) is 1.45. The number of carbonyl (C=O) groups is 2. The summed E-state index contributed by atoms with van der Waals surface area (Å²) < 4.78 is 9.62. The third-order valence-electron chi connectivity index (χ3n) is 2.54. The van der Waals surface area contributed by atoms with Gasteiger partial charge in [-0.25, -0.2) is 9.59 Å². The molecule has 2 aromatic rings. The van der Waals surface area contributed by atoms with E-state index in [0.29, 0.717) is 0 Å². The van der Waals surface area contributed by atoms with Gasteiger partial charge < -0.3 is 24.6 Å². The Hall–Kier alpha value is -3.03. The van der Waals surface area contributed by atoms with E-state index in [1.54, 1.807) is 0 Å². The molecule has 0 aliphatic carbocycles. The average molecular weight is 279 g/mol. The molecule has 0 bridgehead atoms. The fraction of sp³-hybridized carbons (Fsp3) is 0.0833. The van der Waals surface area contributed by atoms with E-state index in [0.717, 1.165) is 18.2 Å². The van der Waals surface area contributed by atoms with Gasteiger partial charge in [0.05, 0.1) is 12.7 Å². The standard InChI is InChI=1S/C12H9NO7/c1-19-9-4-8(14)5(2-6(9)11(15)16)10-3-7(12(17)18)13-20-10/h2-4,14H,1H3,(H,15,16)(H,17,18). The number of methoxy groups -OCH3 is 1. The maximum Gasteiger partial charge on any atom is 0.358 e. The summed E-state index contributed by atoms with van der Waals surface area (Å²) in [6, 6.07) is 3.29. The van der Waals surface area contributed by atoms with Crippen LogP contribution in [-0.4, -0.2) is 39.5 Å². The number of aromatic carboxylic acids is 2. The third-order valence-corrected chi connectivity index (χ3v) is 2.54. The molecule has 3 N–H and O–H groups in total. The molecular formula is C12H9NO7. The van der Waals surface area contributed by atoms with Gasteiger partial charge in [0.25, 0.3) is 0 Å². The van der Waals surface area contributed by atoms with Crippen LogP contribution in [-0.2, 0) is 0 Å². The number of hydrogen-bond acceptors (Lipinski definition) is 6. The van der Waals surface area contributed by atoms with Gasteiger partial charge in [-0.1, -0.05) is 5.16 Å². The first-order chi connectivity index (χ1) is 9.43. The molecule has 0 unspecified atom stereocenters. The minimum Gasteiger partial charge on any atom is -0.507 e. The predicted molar refractivity (Wildman–Crippen MR) is 64.1 cm³/mol.